The number of fused-ring (bicyclic) bond motifs is 1. The van der Waals surface area contributed by atoms with Gasteiger partial charge in [-0.25, -0.2) is 9.59 Å². The third-order valence-corrected chi connectivity index (χ3v) is 2.79. The van der Waals surface area contributed by atoms with Gasteiger partial charge < -0.3 is 14.5 Å². The molecule has 0 spiro atoms. The second-order valence-electron chi connectivity index (χ2n) is 4.20. The van der Waals surface area contributed by atoms with E-state index in [2.05, 4.69) is 10.1 Å². The quantitative estimate of drug-likeness (QED) is 0.669. The Morgan fingerprint density at radius 3 is 2.70 bits per heavy atom. The smallest absolute Gasteiger partial charge is 0.349 e. The Balaban J connectivity index is 2.33. The summed E-state index contributed by atoms with van der Waals surface area (Å²) in [5, 5.41) is 3.01. The lowest BCUT2D eigenvalue weighted by molar-refractivity contribution is -0.142. The number of hydrogen-bond acceptors (Lipinski definition) is 5. The minimum atomic E-state index is -0.849. The molecule has 1 atom stereocenters. The first kappa shape index (κ1) is 13.8. The SMILES string of the molecule is COC(=O)[C@H](C)NC(=O)c1cc2ccccc2oc1=O. The Kier molecular flexibility index (Phi) is 3.84. The summed E-state index contributed by atoms with van der Waals surface area (Å²) >= 11 is 0. The Bertz CT molecular complexity index is 719. The predicted octanol–water partition coefficient (Wildman–Crippen LogP) is 1.08. The molecule has 2 aromatic rings. The molecule has 1 aromatic carbocycles. The lowest BCUT2D eigenvalue weighted by atomic mass is 10.1. The number of nitrogens with one attached hydrogen (secondary N) is 1. The Morgan fingerprint density at radius 2 is 2.00 bits per heavy atom. The van der Waals surface area contributed by atoms with Gasteiger partial charge in [-0.05, 0) is 19.1 Å². The number of benzene rings is 1. The molecule has 104 valence electrons. The Morgan fingerprint density at radius 1 is 1.30 bits per heavy atom. The molecule has 1 aromatic heterocycles. The minimum Gasteiger partial charge on any atom is -0.467 e. The fourth-order valence-electron chi connectivity index (χ4n) is 1.73. The highest BCUT2D eigenvalue weighted by molar-refractivity contribution is 5.98. The van der Waals surface area contributed by atoms with E-state index >= 15 is 0 Å². The number of hydrogen-bond donors (Lipinski definition) is 1. The number of methoxy groups -OCH3 is 1. The number of carbonyl (C=O) groups excluding carboxylic acids is 2. The predicted molar refractivity (Wildman–Crippen MR) is 71.4 cm³/mol. The van der Waals surface area contributed by atoms with E-state index < -0.39 is 23.5 Å². The molecule has 1 N–H and O–H groups in total. The summed E-state index contributed by atoms with van der Waals surface area (Å²) in [6, 6.07) is 7.43. The number of esters is 1. The van der Waals surface area contributed by atoms with Crippen LogP contribution in [0.15, 0.2) is 39.5 Å². The maximum Gasteiger partial charge on any atom is 0.349 e. The molecule has 0 aliphatic carbocycles. The van der Waals surface area contributed by atoms with Crippen molar-refractivity contribution in [3.8, 4) is 0 Å². The van der Waals surface area contributed by atoms with Crippen LogP contribution in [0.2, 0.25) is 0 Å². The first-order valence-corrected chi connectivity index (χ1v) is 5.94. The van der Waals surface area contributed by atoms with Crippen LogP contribution in [-0.2, 0) is 9.53 Å². The van der Waals surface area contributed by atoms with Gasteiger partial charge in [0, 0.05) is 5.39 Å². The van der Waals surface area contributed by atoms with E-state index in [-0.39, 0.29) is 5.56 Å². The van der Waals surface area contributed by atoms with E-state index in [0.29, 0.717) is 11.0 Å². The topological polar surface area (TPSA) is 85.6 Å². The zero-order chi connectivity index (χ0) is 14.7. The molecule has 0 radical (unpaired) electrons. The van der Waals surface area contributed by atoms with Crippen molar-refractivity contribution in [2.24, 2.45) is 0 Å². The monoisotopic (exact) mass is 275 g/mol. The summed E-state index contributed by atoms with van der Waals surface area (Å²) in [5.41, 5.74) is -0.507. The average molecular weight is 275 g/mol. The zero-order valence-corrected chi connectivity index (χ0v) is 11.0. The highest BCUT2D eigenvalue weighted by Crippen LogP contribution is 2.12. The van der Waals surface area contributed by atoms with Gasteiger partial charge in [0.15, 0.2) is 0 Å². The van der Waals surface area contributed by atoms with Crippen molar-refractivity contribution in [3.05, 3.63) is 46.3 Å². The first-order valence-electron chi connectivity index (χ1n) is 5.94. The van der Waals surface area contributed by atoms with E-state index in [9.17, 15) is 14.4 Å². The highest BCUT2D eigenvalue weighted by Gasteiger charge is 2.20. The van der Waals surface area contributed by atoms with Gasteiger partial charge in [0.05, 0.1) is 7.11 Å². The molecule has 0 aliphatic rings. The Hall–Kier alpha value is -2.63. The minimum absolute atomic E-state index is 0.153. The van der Waals surface area contributed by atoms with E-state index in [4.69, 9.17) is 4.42 Å². The third kappa shape index (κ3) is 2.69. The Labute approximate surface area is 114 Å². The first-order chi connectivity index (χ1) is 9.52. The normalized spacial score (nSPS) is 11.9. The maximum absolute atomic E-state index is 12.0. The lowest BCUT2D eigenvalue weighted by Crippen LogP contribution is -2.40. The fraction of sp³-hybridized carbons (Fsp3) is 0.214. The van der Waals surface area contributed by atoms with Crippen LogP contribution in [-0.4, -0.2) is 25.0 Å². The summed E-state index contributed by atoms with van der Waals surface area (Å²) in [4.78, 5) is 35.0. The molecule has 0 saturated heterocycles. The molecule has 1 amide bonds. The zero-order valence-electron chi connectivity index (χ0n) is 11.0. The van der Waals surface area contributed by atoms with Gasteiger partial charge >= 0.3 is 11.6 Å². The van der Waals surface area contributed by atoms with Crippen molar-refractivity contribution >= 4 is 22.8 Å². The van der Waals surface area contributed by atoms with Crippen LogP contribution in [0.1, 0.15) is 17.3 Å². The van der Waals surface area contributed by atoms with Crippen LogP contribution in [0.3, 0.4) is 0 Å². The molecule has 0 unspecified atom stereocenters. The van der Waals surface area contributed by atoms with Crippen LogP contribution in [0.25, 0.3) is 11.0 Å². The van der Waals surface area contributed by atoms with Crippen LogP contribution < -0.4 is 10.9 Å². The van der Waals surface area contributed by atoms with Crippen LogP contribution >= 0.6 is 0 Å². The maximum atomic E-state index is 12.0. The fourth-order valence-corrected chi connectivity index (χ4v) is 1.73. The molecular formula is C14H13NO5. The molecule has 0 fully saturated rings. The lowest BCUT2D eigenvalue weighted by Gasteiger charge is -2.10. The van der Waals surface area contributed by atoms with Crippen LogP contribution in [0.5, 0.6) is 0 Å². The van der Waals surface area contributed by atoms with Gasteiger partial charge in [-0.2, -0.15) is 0 Å². The standard InChI is InChI=1S/C14H13NO5/c1-8(13(17)19-2)15-12(16)10-7-9-5-3-4-6-11(9)20-14(10)18/h3-8H,1-2H3,(H,15,16)/t8-/m0/s1. The molecular weight excluding hydrogens is 262 g/mol. The van der Waals surface area contributed by atoms with Crippen molar-refractivity contribution in [1.29, 1.82) is 0 Å². The molecule has 20 heavy (non-hydrogen) atoms. The summed E-state index contributed by atoms with van der Waals surface area (Å²) in [7, 11) is 1.22. The number of ether oxygens (including phenoxy) is 1. The van der Waals surface area contributed by atoms with E-state index in [0.717, 1.165) is 0 Å². The molecule has 0 bridgehead atoms. The van der Waals surface area contributed by atoms with E-state index in [1.165, 1.54) is 20.1 Å². The molecule has 6 heteroatoms. The number of amides is 1. The summed E-state index contributed by atoms with van der Waals surface area (Å²) in [6.45, 7) is 1.46. The summed E-state index contributed by atoms with van der Waals surface area (Å²) < 4.78 is 9.54. The van der Waals surface area contributed by atoms with Gasteiger partial charge in [0.2, 0.25) is 0 Å². The highest BCUT2D eigenvalue weighted by atomic mass is 16.5. The van der Waals surface area contributed by atoms with Crippen LogP contribution in [0.4, 0.5) is 0 Å². The molecule has 0 aliphatic heterocycles. The van der Waals surface area contributed by atoms with Gasteiger partial charge in [-0.15, -0.1) is 0 Å². The van der Waals surface area contributed by atoms with Crippen LogP contribution in [0, 0.1) is 0 Å². The largest absolute Gasteiger partial charge is 0.467 e. The van der Waals surface area contributed by atoms with Gasteiger partial charge in [0.25, 0.3) is 5.91 Å². The molecule has 6 nitrogen and oxygen atoms in total. The number of para-hydroxylation sites is 1. The van der Waals surface area contributed by atoms with Crippen molar-refractivity contribution in [3.63, 3.8) is 0 Å². The molecule has 0 saturated carbocycles. The second-order valence-corrected chi connectivity index (χ2v) is 4.20. The number of carbonyl (C=O) groups is 2. The second kappa shape index (κ2) is 5.56. The van der Waals surface area contributed by atoms with E-state index in [1.54, 1.807) is 24.3 Å². The summed E-state index contributed by atoms with van der Waals surface area (Å²) in [5.74, 6) is -1.27. The molecule has 1 heterocycles. The third-order valence-electron chi connectivity index (χ3n) is 2.79. The van der Waals surface area contributed by atoms with Gasteiger partial charge in [-0.1, -0.05) is 18.2 Å². The van der Waals surface area contributed by atoms with E-state index in [1.807, 2.05) is 0 Å². The number of rotatable bonds is 3. The van der Waals surface area contributed by atoms with Crippen molar-refractivity contribution < 1.29 is 18.7 Å². The van der Waals surface area contributed by atoms with Crippen molar-refractivity contribution in [1.82, 2.24) is 5.32 Å². The molecule has 2 rings (SSSR count). The van der Waals surface area contributed by atoms with Crippen molar-refractivity contribution in [2.45, 2.75) is 13.0 Å². The van der Waals surface area contributed by atoms with Gasteiger partial charge in [-0.3, -0.25) is 4.79 Å². The summed E-state index contributed by atoms with van der Waals surface area (Å²) in [6.07, 6.45) is 0. The average Bonchev–Trinajstić information content (AvgIpc) is 2.45. The van der Waals surface area contributed by atoms with Gasteiger partial charge in [0.1, 0.15) is 17.2 Å². The van der Waals surface area contributed by atoms with Crippen molar-refractivity contribution in [2.75, 3.05) is 7.11 Å².